The van der Waals surface area contributed by atoms with Gasteiger partial charge in [-0.2, -0.15) is 26.3 Å². The van der Waals surface area contributed by atoms with Gasteiger partial charge in [-0.25, -0.2) is 4.98 Å². The third kappa shape index (κ3) is 7.29. The Bertz CT molecular complexity index is 1080. The second kappa shape index (κ2) is 11.2. The Hall–Kier alpha value is -2.91. The number of methoxy groups -OCH3 is 1. The molecule has 0 aliphatic heterocycles. The normalized spacial score (nSPS) is 14.1. The highest BCUT2D eigenvalue weighted by molar-refractivity contribution is 5.60. The molecule has 0 amide bonds. The average molecular weight is 496 g/mol. The molecular weight excluding hydrogens is 470 g/mol. The summed E-state index contributed by atoms with van der Waals surface area (Å²) in [6.45, 7) is 2.31. The Kier molecular flexibility index (Phi) is 8.56. The molecule has 1 N–H and O–H groups in total. The van der Waals surface area contributed by atoms with Crippen LogP contribution in [0.2, 0.25) is 0 Å². The third-order valence-corrected chi connectivity index (χ3v) is 5.64. The molecule has 35 heavy (non-hydrogen) atoms. The lowest BCUT2D eigenvalue weighted by Crippen LogP contribution is -2.37. The number of nitrogens with zero attached hydrogens (tertiary/aromatic N) is 1. The molecule has 3 nitrogen and oxygen atoms in total. The predicted molar refractivity (Wildman–Crippen MR) is 122 cm³/mol. The van der Waals surface area contributed by atoms with E-state index in [-0.39, 0.29) is 29.4 Å². The van der Waals surface area contributed by atoms with Gasteiger partial charge in [0.15, 0.2) is 0 Å². The molecule has 0 bridgehead atoms. The summed E-state index contributed by atoms with van der Waals surface area (Å²) >= 11 is 0. The summed E-state index contributed by atoms with van der Waals surface area (Å²) in [5.74, 6) is -0.532. The van der Waals surface area contributed by atoms with E-state index < -0.39 is 29.5 Å². The Labute approximate surface area is 200 Å². The van der Waals surface area contributed by atoms with E-state index in [2.05, 4.69) is 10.3 Å². The fraction of sp³-hybridized carbons (Fsp3) is 0.346. The van der Waals surface area contributed by atoms with Gasteiger partial charge < -0.3 is 10.1 Å². The van der Waals surface area contributed by atoms with Crippen molar-refractivity contribution in [3.05, 3.63) is 89.1 Å². The summed E-state index contributed by atoms with van der Waals surface area (Å²) < 4.78 is 85.3. The maximum atomic E-state index is 13.9. The molecule has 1 heterocycles. The highest BCUT2D eigenvalue weighted by Crippen LogP contribution is 2.36. The Balaban J connectivity index is 1.80. The second-order valence-electron chi connectivity index (χ2n) is 8.36. The topological polar surface area (TPSA) is 34.1 Å². The van der Waals surface area contributed by atoms with Crippen LogP contribution in [0.5, 0.6) is 0 Å². The van der Waals surface area contributed by atoms with Gasteiger partial charge in [-0.1, -0.05) is 55.5 Å². The quantitative estimate of drug-likeness (QED) is 0.333. The molecule has 0 fully saturated rings. The van der Waals surface area contributed by atoms with Gasteiger partial charge in [0, 0.05) is 25.3 Å². The SMILES string of the molecule is COC[C@H](Cc1ccccc1)NCC(C)c1ccc(-c2ccc(C(F)(F)F)cc2)nc1C(F)(F)F. The first kappa shape index (κ1) is 26.7. The smallest absolute Gasteiger partial charge is 0.383 e. The molecule has 0 aliphatic rings. The molecule has 0 spiro atoms. The zero-order valence-corrected chi connectivity index (χ0v) is 19.3. The predicted octanol–water partition coefficient (Wildman–Crippen LogP) is 6.74. The molecule has 0 aliphatic carbocycles. The van der Waals surface area contributed by atoms with E-state index >= 15 is 0 Å². The first-order chi connectivity index (χ1) is 16.5. The number of ether oxygens (including phenoxy) is 1. The van der Waals surface area contributed by atoms with Crippen LogP contribution in [0, 0.1) is 0 Å². The van der Waals surface area contributed by atoms with Crippen molar-refractivity contribution in [3.8, 4) is 11.3 Å². The van der Waals surface area contributed by atoms with Crippen LogP contribution in [-0.4, -0.2) is 31.3 Å². The first-order valence-corrected chi connectivity index (χ1v) is 11.0. The van der Waals surface area contributed by atoms with Crippen LogP contribution in [0.4, 0.5) is 26.3 Å². The van der Waals surface area contributed by atoms with Crippen LogP contribution in [0.15, 0.2) is 66.7 Å². The number of benzene rings is 2. The lowest BCUT2D eigenvalue weighted by Gasteiger charge is -2.23. The van der Waals surface area contributed by atoms with Crippen LogP contribution < -0.4 is 5.32 Å². The van der Waals surface area contributed by atoms with Crippen molar-refractivity contribution >= 4 is 0 Å². The van der Waals surface area contributed by atoms with Gasteiger partial charge in [0.05, 0.1) is 17.9 Å². The zero-order valence-electron chi connectivity index (χ0n) is 19.3. The Morgan fingerprint density at radius 3 is 2.09 bits per heavy atom. The molecule has 2 aromatic carbocycles. The molecule has 3 aromatic rings. The zero-order chi connectivity index (χ0) is 25.6. The van der Waals surface area contributed by atoms with E-state index in [4.69, 9.17) is 4.74 Å². The monoisotopic (exact) mass is 496 g/mol. The van der Waals surface area contributed by atoms with Gasteiger partial charge in [-0.3, -0.25) is 0 Å². The molecule has 0 saturated heterocycles. The van der Waals surface area contributed by atoms with Crippen molar-refractivity contribution in [2.45, 2.75) is 37.7 Å². The van der Waals surface area contributed by atoms with Gasteiger partial charge >= 0.3 is 12.4 Å². The van der Waals surface area contributed by atoms with E-state index in [0.717, 1.165) is 29.8 Å². The first-order valence-electron chi connectivity index (χ1n) is 11.0. The molecule has 188 valence electrons. The van der Waals surface area contributed by atoms with E-state index in [1.807, 2.05) is 30.3 Å². The van der Waals surface area contributed by atoms with Crippen molar-refractivity contribution in [1.82, 2.24) is 10.3 Å². The minimum atomic E-state index is -4.72. The summed E-state index contributed by atoms with van der Waals surface area (Å²) in [7, 11) is 1.56. The summed E-state index contributed by atoms with van der Waals surface area (Å²) in [6, 6.07) is 16.2. The van der Waals surface area contributed by atoms with E-state index in [1.54, 1.807) is 14.0 Å². The number of hydrogen-bond acceptors (Lipinski definition) is 3. The minimum absolute atomic E-state index is 0.0107. The molecule has 1 aromatic heterocycles. The van der Waals surface area contributed by atoms with Gasteiger partial charge in [-0.15, -0.1) is 0 Å². The summed E-state index contributed by atoms with van der Waals surface area (Å²) in [5, 5.41) is 3.29. The number of aromatic nitrogens is 1. The van der Waals surface area contributed by atoms with Gasteiger partial charge in [-0.05, 0) is 41.7 Å². The van der Waals surface area contributed by atoms with Gasteiger partial charge in [0.25, 0.3) is 0 Å². The van der Waals surface area contributed by atoms with Gasteiger partial charge in [0.2, 0.25) is 0 Å². The number of hydrogen-bond donors (Lipinski definition) is 1. The molecule has 1 unspecified atom stereocenters. The number of pyridine rings is 1. The highest BCUT2D eigenvalue weighted by atomic mass is 19.4. The van der Waals surface area contributed by atoms with Crippen molar-refractivity contribution < 1.29 is 31.1 Å². The maximum absolute atomic E-state index is 13.9. The van der Waals surface area contributed by atoms with Crippen molar-refractivity contribution in [1.29, 1.82) is 0 Å². The number of rotatable bonds is 9. The van der Waals surface area contributed by atoms with Crippen molar-refractivity contribution in [2.75, 3.05) is 20.3 Å². The second-order valence-corrected chi connectivity index (χ2v) is 8.36. The van der Waals surface area contributed by atoms with Crippen LogP contribution in [0.3, 0.4) is 0 Å². The molecule has 3 rings (SSSR count). The van der Waals surface area contributed by atoms with E-state index in [0.29, 0.717) is 13.0 Å². The van der Waals surface area contributed by atoms with E-state index in [9.17, 15) is 26.3 Å². The van der Waals surface area contributed by atoms with Crippen molar-refractivity contribution in [2.24, 2.45) is 0 Å². The molecule has 0 radical (unpaired) electrons. The fourth-order valence-electron chi connectivity index (χ4n) is 3.83. The summed E-state index contributed by atoms with van der Waals surface area (Å²) in [5.41, 5.74) is -0.713. The average Bonchev–Trinajstić information content (AvgIpc) is 2.82. The summed E-state index contributed by atoms with van der Waals surface area (Å²) in [4.78, 5) is 3.80. The molecule has 9 heteroatoms. The van der Waals surface area contributed by atoms with Crippen LogP contribution in [-0.2, 0) is 23.5 Å². The standard InChI is InChI=1S/C26H26F6N2O/c1-17(15-33-21(16-35-2)14-18-6-4-3-5-7-18)22-12-13-23(34-24(22)26(30,31)32)19-8-10-20(11-9-19)25(27,28)29/h3-13,17,21,33H,14-16H2,1-2H3/t17?,21-/m0/s1. The fourth-order valence-corrected chi connectivity index (χ4v) is 3.83. The number of nitrogens with one attached hydrogen (secondary N) is 1. The van der Waals surface area contributed by atoms with Crippen molar-refractivity contribution in [3.63, 3.8) is 0 Å². The summed E-state index contributed by atoms with van der Waals surface area (Å²) in [6.07, 6.45) is -8.60. The third-order valence-electron chi connectivity index (χ3n) is 5.64. The number of halogens is 6. The lowest BCUT2D eigenvalue weighted by atomic mass is 9.96. The number of alkyl halides is 6. The lowest BCUT2D eigenvalue weighted by molar-refractivity contribution is -0.142. The largest absolute Gasteiger partial charge is 0.433 e. The van der Waals surface area contributed by atoms with Crippen LogP contribution in [0.1, 0.15) is 35.2 Å². The van der Waals surface area contributed by atoms with Gasteiger partial charge in [0.1, 0.15) is 5.69 Å². The maximum Gasteiger partial charge on any atom is 0.433 e. The highest BCUT2D eigenvalue weighted by Gasteiger charge is 2.37. The van der Waals surface area contributed by atoms with E-state index in [1.165, 1.54) is 12.1 Å². The molecular formula is C26H26F6N2O. The molecule has 0 saturated carbocycles. The van der Waals surface area contributed by atoms with Crippen LogP contribution >= 0.6 is 0 Å². The Morgan fingerprint density at radius 1 is 0.857 bits per heavy atom. The minimum Gasteiger partial charge on any atom is -0.383 e. The van der Waals surface area contributed by atoms with Crippen LogP contribution in [0.25, 0.3) is 11.3 Å². The molecule has 2 atom stereocenters. The Morgan fingerprint density at radius 2 is 1.51 bits per heavy atom.